The van der Waals surface area contributed by atoms with Gasteiger partial charge in [0.15, 0.2) is 0 Å². The van der Waals surface area contributed by atoms with Crippen molar-refractivity contribution in [1.82, 2.24) is 42.2 Å². The molecule has 8 atom stereocenters. The Bertz CT molecular complexity index is 2510. The van der Waals surface area contributed by atoms with E-state index in [1.807, 2.05) is 48.5 Å². The summed E-state index contributed by atoms with van der Waals surface area (Å²) in [6, 6.07) is 13.1. The summed E-state index contributed by atoms with van der Waals surface area (Å²) < 4.78 is 0. The van der Waals surface area contributed by atoms with Crippen LogP contribution in [0.1, 0.15) is 63.1 Å². The number of aliphatic hydroxyl groups is 1. The molecule has 4 aromatic rings. The topological polar surface area (TPSA) is 355 Å². The molecule has 0 radical (unpaired) electrons. The van der Waals surface area contributed by atoms with Gasteiger partial charge in [0.1, 0.15) is 47.5 Å². The van der Waals surface area contributed by atoms with Gasteiger partial charge in [-0.25, -0.2) is 0 Å². The molecule has 0 aliphatic carbocycles. The second-order valence-corrected chi connectivity index (χ2v) is 18.4. The number of aliphatic hydroxyl groups excluding tert-OH is 1. The van der Waals surface area contributed by atoms with E-state index >= 15 is 0 Å². The molecule has 0 saturated carbocycles. The van der Waals surface area contributed by atoms with Gasteiger partial charge >= 0.3 is 0 Å². The van der Waals surface area contributed by atoms with Crippen LogP contribution in [-0.4, -0.2) is 134 Å². The molecule has 0 aliphatic heterocycles. The number of para-hydroxylation sites is 1. The molecule has 396 valence electrons. The van der Waals surface area contributed by atoms with Crippen LogP contribution in [0, 0.1) is 0 Å². The van der Waals surface area contributed by atoms with E-state index in [9.17, 15) is 48.6 Å². The fraction of sp³-hybridized carbons (Fsp3) is 0.440. The Morgan fingerprint density at radius 2 is 1.16 bits per heavy atom. The van der Waals surface area contributed by atoms with Crippen LogP contribution in [0.3, 0.4) is 0 Å². The van der Waals surface area contributed by atoms with Crippen molar-refractivity contribution >= 4 is 83.4 Å². The number of fused-ring (bicyclic) bond motifs is 1. The Morgan fingerprint density at radius 1 is 0.644 bits per heavy atom. The summed E-state index contributed by atoms with van der Waals surface area (Å²) in [5, 5.41) is 39.3. The maximum absolute atomic E-state index is 14.7. The molecule has 0 spiro atoms. The van der Waals surface area contributed by atoms with E-state index in [-0.39, 0.29) is 68.7 Å². The number of primary amides is 1. The van der Waals surface area contributed by atoms with Gasteiger partial charge in [-0.2, -0.15) is 25.3 Å². The van der Waals surface area contributed by atoms with E-state index in [4.69, 9.17) is 17.2 Å². The number of hydrogen-bond donors (Lipinski definition) is 15. The van der Waals surface area contributed by atoms with E-state index in [0.29, 0.717) is 11.1 Å². The summed E-state index contributed by atoms with van der Waals surface area (Å²) in [6.45, 7) is 4.64. The Hall–Kier alpha value is -6.66. The maximum Gasteiger partial charge on any atom is 0.246 e. The highest BCUT2D eigenvalue weighted by molar-refractivity contribution is 7.80. The van der Waals surface area contributed by atoms with Gasteiger partial charge in [0.05, 0.1) is 12.1 Å². The number of aromatic nitrogens is 1. The molecule has 0 aliphatic rings. The highest BCUT2D eigenvalue weighted by atomic mass is 32.1. The SMILES string of the molecule is CCC(CC)(NC(=O)[C@H](CCCN)NC(=O)[C@@H](Cc1c[nH]c2ccccc12)NC(=O)[C@H](Cc1ccc(O)cc1)NC(=O)[C@H](CS)NC(=O)[C@H](N)Cc1ccccc1)C(=O)NC(CS)C(=O)N[C@H](C(N)=O)[C@@H](C)O. The highest BCUT2D eigenvalue weighted by Crippen LogP contribution is 2.21. The number of carbonyl (C=O) groups is 8. The van der Waals surface area contributed by atoms with E-state index in [1.165, 1.54) is 19.1 Å². The number of phenolic OH excluding ortho intramolecular Hbond substituents is 1. The van der Waals surface area contributed by atoms with Crippen LogP contribution >= 0.6 is 25.3 Å². The quantitative estimate of drug-likeness (QED) is 0.0300. The number of rotatable bonds is 29. The van der Waals surface area contributed by atoms with E-state index in [2.05, 4.69) is 67.5 Å². The number of nitrogens with one attached hydrogen (secondary N) is 8. The number of H-pyrrole nitrogens is 1. The molecule has 16 N–H and O–H groups in total. The standard InChI is InChI=1S/C50H69N11O10S2/c1-4-50(5-2,49(71)59-40(27-73)47(69)60-41(28(3)62)42(53)64)61-48(70)36(16-11-21-51)55-45(67)38(24-31-25-54-35-15-10-9-14-33(31)35)57-44(66)37(23-30-17-19-32(63)20-18-30)56-46(68)39(26-72)58-43(65)34(52)22-29-12-7-6-8-13-29/h6-10,12-15,17-20,25,28,34,36-41,54,62-63,72-73H,4-5,11,16,21-24,26-27,51-52H2,1-3H3,(H2,53,64)(H,55,67)(H,56,68)(H,57,66)(H,58,65)(H,59,71)(H,60,69)(H,61,70)/t28-,34-,36+,37+,38-,39+,40?,41+/m1/s1. The van der Waals surface area contributed by atoms with Gasteiger partial charge in [-0.3, -0.25) is 38.4 Å². The zero-order valence-corrected chi connectivity index (χ0v) is 42.8. The average Bonchev–Trinajstić information content (AvgIpc) is 3.79. The first-order valence-electron chi connectivity index (χ1n) is 24.0. The molecule has 8 amide bonds. The van der Waals surface area contributed by atoms with Crippen LogP contribution in [0.15, 0.2) is 85.1 Å². The number of benzene rings is 3. The maximum atomic E-state index is 14.7. The molecular formula is C50H69N11O10S2. The average molecular weight is 1050 g/mol. The third-order valence-electron chi connectivity index (χ3n) is 12.4. The molecule has 23 heteroatoms. The van der Waals surface area contributed by atoms with Crippen molar-refractivity contribution in [1.29, 1.82) is 0 Å². The van der Waals surface area contributed by atoms with Crippen LogP contribution in [0.2, 0.25) is 0 Å². The Kier molecular flexibility index (Phi) is 23.0. The lowest BCUT2D eigenvalue weighted by Gasteiger charge is -2.35. The molecule has 1 heterocycles. The van der Waals surface area contributed by atoms with E-state index in [1.54, 1.807) is 38.2 Å². The van der Waals surface area contributed by atoms with E-state index < -0.39 is 101 Å². The molecule has 73 heavy (non-hydrogen) atoms. The number of aromatic hydroxyl groups is 1. The minimum atomic E-state index is -1.65. The molecule has 0 saturated heterocycles. The summed E-state index contributed by atoms with van der Waals surface area (Å²) in [5.41, 5.74) is 18.5. The number of hydrogen-bond acceptors (Lipinski definition) is 14. The number of phenols is 1. The molecular weight excluding hydrogens is 979 g/mol. The molecule has 1 unspecified atom stereocenters. The van der Waals surface area contributed by atoms with Gasteiger partial charge in [-0.05, 0) is 80.5 Å². The highest BCUT2D eigenvalue weighted by Gasteiger charge is 2.41. The van der Waals surface area contributed by atoms with Crippen LogP contribution in [0.25, 0.3) is 10.9 Å². The summed E-state index contributed by atoms with van der Waals surface area (Å²) in [7, 11) is 0. The fourth-order valence-corrected chi connectivity index (χ4v) is 8.46. The van der Waals surface area contributed by atoms with Crippen LogP contribution in [-0.2, 0) is 57.6 Å². The van der Waals surface area contributed by atoms with Gasteiger partial charge in [-0.1, -0.05) is 74.5 Å². The summed E-state index contributed by atoms with van der Waals surface area (Å²) in [5.74, 6) is -6.93. The van der Waals surface area contributed by atoms with Crippen molar-refractivity contribution in [2.45, 2.75) is 120 Å². The van der Waals surface area contributed by atoms with Crippen molar-refractivity contribution in [3.63, 3.8) is 0 Å². The van der Waals surface area contributed by atoms with Gasteiger partial charge in [-0.15, -0.1) is 0 Å². The first-order chi connectivity index (χ1) is 34.8. The van der Waals surface area contributed by atoms with Crippen LogP contribution < -0.4 is 54.4 Å². The molecule has 4 rings (SSSR count). The third-order valence-corrected chi connectivity index (χ3v) is 13.1. The van der Waals surface area contributed by atoms with Crippen molar-refractivity contribution in [2.75, 3.05) is 18.1 Å². The third kappa shape index (κ3) is 17.0. The minimum absolute atomic E-state index is 0.00610. The molecule has 0 fully saturated rings. The predicted octanol–water partition coefficient (Wildman–Crippen LogP) is -0.723. The molecule has 0 bridgehead atoms. The second kappa shape index (κ2) is 28.5. The van der Waals surface area contributed by atoms with Crippen LogP contribution in [0.4, 0.5) is 0 Å². The first-order valence-corrected chi connectivity index (χ1v) is 25.2. The second-order valence-electron chi connectivity index (χ2n) is 17.7. The zero-order chi connectivity index (χ0) is 53.8. The number of carbonyl (C=O) groups excluding carboxylic acids is 8. The summed E-state index contributed by atoms with van der Waals surface area (Å²) in [4.78, 5) is 113. The normalized spacial score (nSPS) is 14.7. The lowest BCUT2D eigenvalue weighted by atomic mass is 9.90. The largest absolute Gasteiger partial charge is 0.508 e. The monoisotopic (exact) mass is 1050 g/mol. The smallest absolute Gasteiger partial charge is 0.246 e. The minimum Gasteiger partial charge on any atom is -0.508 e. The van der Waals surface area contributed by atoms with Gasteiger partial charge in [0.2, 0.25) is 47.3 Å². The van der Waals surface area contributed by atoms with E-state index in [0.717, 1.165) is 16.5 Å². The lowest BCUT2D eigenvalue weighted by molar-refractivity contribution is -0.138. The summed E-state index contributed by atoms with van der Waals surface area (Å²) in [6.07, 6.45) is 0.532. The van der Waals surface area contributed by atoms with Gasteiger partial charge in [0.25, 0.3) is 0 Å². The van der Waals surface area contributed by atoms with Crippen molar-refractivity contribution < 1.29 is 48.6 Å². The van der Waals surface area contributed by atoms with Crippen LogP contribution in [0.5, 0.6) is 5.75 Å². The van der Waals surface area contributed by atoms with Crippen molar-refractivity contribution in [2.24, 2.45) is 17.2 Å². The van der Waals surface area contributed by atoms with Crippen molar-refractivity contribution in [3.05, 3.63) is 102 Å². The lowest BCUT2D eigenvalue weighted by Crippen LogP contribution is -2.65. The predicted molar refractivity (Wildman–Crippen MR) is 282 cm³/mol. The Morgan fingerprint density at radius 3 is 1.74 bits per heavy atom. The number of nitrogens with two attached hydrogens (primary N) is 3. The summed E-state index contributed by atoms with van der Waals surface area (Å²) >= 11 is 8.51. The van der Waals surface area contributed by atoms with Gasteiger partial charge < -0.3 is 69.6 Å². The molecule has 21 nitrogen and oxygen atoms in total. The number of amides is 8. The molecule has 1 aromatic heterocycles. The first kappa shape index (κ1) is 58.9. The number of aromatic amines is 1. The Balaban J connectivity index is 1.63. The number of thiol groups is 2. The van der Waals surface area contributed by atoms with Crippen molar-refractivity contribution in [3.8, 4) is 5.75 Å². The molecule has 3 aromatic carbocycles. The van der Waals surface area contributed by atoms with Gasteiger partial charge in [0, 0.05) is 41.4 Å². The fourth-order valence-electron chi connectivity index (χ4n) is 7.95. The zero-order valence-electron chi connectivity index (χ0n) is 41.1. The Labute approximate surface area is 434 Å².